The molecule has 0 aliphatic rings. The van der Waals surface area contributed by atoms with Crippen LogP contribution in [0.25, 0.3) is 11.0 Å². The first kappa shape index (κ1) is 22.1. The lowest BCUT2D eigenvalue weighted by atomic mass is 10.1. The maximum Gasteiger partial charge on any atom is 0.339 e. The highest BCUT2D eigenvalue weighted by molar-refractivity contribution is 9.10. The van der Waals surface area contributed by atoms with Crippen molar-refractivity contribution in [2.24, 2.45) is 0 Å². The van der Waals surface area contributed by atoms with Gasteiger partial charge in [0.25, 0.3) is 0 Å². The quantitative estimate of drug-likeness (QED) is 0.596. The van der Waals surface area contributed by atoms with E-state index in [9.17, 15) is 14.7 Å². The molecule has 0 aromatic carbocycles. The van der Waals surface area contributed by atoms with Crippen molar-refractivity contribution in [2.75, 3.05) is 18.4 Å². The van der Waals surface area contributed by atoms with Gasteiger partial charge in [-0.15, -0.1) is 0 Å². The smallest absolute Gasteiger partial charge is 0.339 e. The number of aromatic carboxylic acids is 1. The number of carboxylic acids is 1. The van der Waals surface area contributed by atoms with Gasteiger partial charge in [0.05, 0.1) is 16.9 Å². The highest BCUT2D eigenvalue weighted by atomic mass is 79.9. The highest BCUT2D eigenvalue weighted by Crippen LogP contribution is 2.30. The SMILES string of the molecule is CCCN(CCC)C(=O)C(C)Nc1c(C(=O)O)c(CC)nc2cc(Br)cnc12. The third-order valence-corrected chi connectivity index (χ3v) is 4.88. The monoisotopic (exact) mass is 450 g/mol. The lowest BCUT2D eigenvalue weighted by Crippen LogP contribution is -2.42. The Labute approximate surface area is 173 Å². The molecule has 0 saturated heterocycles. The second-order valence-electron chi connectivity index (χ2n) is 6.68. The predicted molar refractivity (Wildman–Crippen MR) is 114 cm³/mol. The van der Waals surface area contributed by atoms with Gasteiger partial charge in [0.15, 0.2) is 0 Å². The van der Waals surface area contributed by atoms with Crippen molar-refractivity contribution in [1.82, 2.24) is 14.9 Å². The summed E-state index contributed by atoms with van der Waals surface area (Å²) in [4.78, 5) is 35.6. The van der Waals surface area contributed by atoms with Crippen molar-refractivity contribution in [3.05, 3.63) is 28.0 Å². The molecule has 2 N–H and O–H groups in total. The molecule has 1 amide bonds. The van der Waals surface area contributed by atoms with Crippen LogP contribution in [0.15, 0.2) is 16.7 Å². The number of carboxylic acid groups (broad SMARTS) is 1. The zero-order valence-electron chi connectivity index (χ0n) is 16.8. The van der Waals surface area contributed by atoms with Crippen molar-refractivity contribution in [3.8, 4) is 0 Å². The van der Waals surface area contributed by atoms with Crippen molar-refractivity contribution < 1.29 is 14.7 Å². The molecule has 0 aliphatic carbocycles. The van der Waals surface area contributed by atoms with Gasteiger partial charge in [-0.05, 0) is 48.2 Å². The standard InChI is InChI=1S/C20H27BrN4O3/c1-5-8-25(9-6-2)19(26)12(4)23-18-16(20(27)28)14(7-3)24-15-10-13(21)11-22-17(15)18/h10-12H,5-9H2,1-4H3,(H,23,24)(H,27,28). The molecule has 2 aromatic heterocycles. The largest absolute Gasteiger partial charge is 0.478 e. The summed E-state index contributed by atoms with van der Waals surface area (Å²) in [5, 5.41) is 12.9. The van der Waals surface area contributed by atoms with Gasteiger partial charge in [0.1, 0.15) is 17.1 Å². The number of anilines is 1. The first-order chi connectivity index (χ1) is 13.3. The number of nitrogens with zero attached hydrogens (tertiary/aromatic N) is 3. The topological polar surface area (TPSA) is 95.4 Å². The van der Waals surface area contributed by atoms with Gasteiger partial charge in [0, 0.05) is 23.8 Å². The number of carbonyl (C=O) groups excluding carboxylic acids is 1. The molecule has 8 heteroatoms. The number of rotatable bonds is 9. The van der Waals surface area contributed by atoms with Crippen molar-refractivity contribution in [1.29, 1.82) is 0 Å². The van der Waals surface area contributed by atoms with Crippen LogP contribution in [-0.4, -0.2) is 51.0 Å². The molecule has 0 saturated carbocycles. The Morgan fingerprint density at radius 3 is 2.43 bits per heavy atom. The van der Waals surface area contributed by atoms with E-state index in [2.05, 4.69) is 31.2 Å². The summed E-state index contributed by atoms with van der Waals surface area (Å²) in [6.45, 7) is 9.02. The number of pyridine rings is 2. The minimum absolute atomic E-state index is 0.0554. The van der Waals surface area contributed by atoms with E-state index in [0.29, 0.717) is 41.9 Å². The fraction of sp³-hybridized carbons (Fsp3) is 0.500. The zero-order chi connectivity index (χ0) is 20.8. The van der Waals surface area contributed by atoms with E-state index in [1.807, 2.05) is 25.7 Å². The molecule has 2 heterocycles. The van der Waals surface area contributed by atoms with Crippen LogP contribution in [0, 0.1) is 0 Å². The molecule has 0 fully saturated rings. The predicted octanol–water partition coefficient (Wildman–Crippen LogP) is 4.10. The van der Waals surface area contributed by atoms with Crippen LogP contribution in [-0.2, 0) is 11.2 Å². The second kappa shape index (κ2) is 9.82. The molecule has 28 heavy (non-hydrogen) atoms. The van der Waals surface area contributed by atoms with Gasteiger partial charge in [-0.1, -0.05) is 20.8 Å². The van der Waals surface area contributed by atoms with E-state index in [0.717, 1.165) is 17.3 Å². The van der Waals surface area contributed by atoms with Crippen molar-refractivity contribution in [2.45, 2.75) is 53.0 Å². The third-order valence-electron chi connectivity index (χ3n) is 4.44. The number of halogens is 1. The Balaban J connectivity index is 2.53. The maximum atomic E-state index is 12.9. The first-order valence-electron chi connectivity index (χ1n) is 9.60. The molecule has 7 nitrogen and oxygen atoms in total. The zero-order valence-corrected chi connectivity index (χ0v) is 18.3. The maximum absolute atomic E-state index is 12.9. The van der Waals surface area contributed by atoms with Gasteiger partial charge < -0.3 is 15.3 Å². The number of aryl methyl sites for hydroxylation is 1. The van der Waals surface area contributed by atoms with Crippen LogP contribution < -0.4 is 5.32 Å². The molecule has 0 bridgehead atoms. The normalized spacial score (nSPS) is 12.0. The van der Waals surface area contributed by atoms with Crippen LogP contribution in [0.1, 0.15) is 56.6 Å². The van der Waals surface area contributed by atoms with Crippen LogP contribution in [0.5, 0.6) is 0 Å². The van der Waals surface area contributed by atoms with Crippen molar-refractivity contribution >= 4 is 44.5 Å². The summed E-state index contributed by atoms with van der Waals surface area (Å²) in [6.07, 6.45) is 3.79. The number of aromatic nitrogens is 2. The summed E-state index contributed by atoms with van der Waals surface area (Å²) in [6, 6.07) is 1.21. The van der Waals surface area contributed by atoms with E-state index in [-0.39, 0.29) is 11.5 Å². The summed E-state index contributed by atoms with van der Waals surface area (Å²) in [7, 11) is 0. The molecular formula is C20H27BrN4O3. The van der Waals surface area contributed by atoms with Gasteiger partial charge in [-0.25, -0.2) is 4.79 Å². The Morgan fingerprint density at radius 2 is 1.89 bits per heavy atom. The number of amides is 1. The van der Waals surface area contributed by atoms with Crippen LogP contribution in [0.3, 0.4) is 0 Å². The average Bonchev–Trinajstić information content (AvgIpc) is 2.66. The number of carbonyl (C=O) groups is 2. The molecule has 0 radical (unpaired) electrons. The Hall–Kier alpha value is -2.22. The van der Waals surface area contributed by atoms with E-state index in [1.54, 1.807) is 19.2 Å². The molecule has 2 aromatic rings. The Morgan fingerprint density at radius 1 is 1.25 bits per heavy atom. The molecule has 0 spiro atoms. The molecule has 1 atom stereocenters. The number of hydrogen-bond donors (Lipinski definition) is 2. The van der Waals surface area contributed by atoms with Crippen molar-refractivity contribution in [3.63, 3.8) is 0 Å². The third kappa shape index (κ3) is 4.79. The number of fused-ring (bicyclic) bond motifs is 1. The number of nitrogens with one attached hydrogen (secondary N) is 1. The summed E-state index contributed by atoms with van der Waals surface area (Å²) in [5.41, 5.74) is 1.89. The summed E-state index contributed by atoms with van der Waals surface area (Å²) < 4.78 is 0.754. The van der Waals surface area contributed by atoms with E-state index < -0.39 is 12.0 Å². The molecule has 152 valence electrons. The number of hydrogen-bond acceptors (Lipinski definition) is 5. The minimum Gasteiger partial charge on any atom is -0.478 e. The Kier molecular flexibility index (Phi) is 7.74. The van der Waals surface area contributed by atoms with Gasteiger partial charge in [-0.2, -0.15) is 0 Å². The van der Waals surface area contributed by atoms with Gasteiger partial charge in [-0.3, -0.25) is 14.8 Å². The lowest BCUT2D eigenvalue weighted by Gasteiger charge is -2.27. The summed E-state index contributed by atoms with van der Waals surface area (Å²) >= 11 is 3.38. The fourth-order valence-corrected chi connectivity index (χ4v) is 3.54. The van der Waals surface area contributed by atoms with Gasteiger partial charge in [0.2, 0.25) is 5.91 Å². The van der Waals surface area contributed by atoms with E-state index in [4.69, 9.17) is 0 Å². The second-order valence-corrected chi connectivity index (χ2v) is 7.60. The van der Waals surface area contributed by atoms with Crippen LogP contribution >= 0.6 is 15.9 Å². The van der Waals surface area contributed by atoms with E-state index in [1.165, 1.54) is 0 Å². The van der Waals surface area contributed by atoms with Crippen LogP contribution in [0.2, 0.25) is 0 Å². The first-order valence-corrected chi connectivity index (χ1v) is 10.4. The summed E-state index contributed by atoms with van der Waals surface area (Å²) in [5.74, 6) is -1.14. The minimum atomic E-state index is -1.09. The molecule has 0 aliphatic heterocycles. The molecule has 2 rings (SSSR count). The highest BCUT2D eigenvalue weighted by Gasteiger charge is 2.25. The average molecular weight is 451 g/mol. The van der Waals surface area contributed by atoms with Crippen LogP contribution in [0.4, 0.5) is 5.69 Å². The van der Waals surface area contributed by atoms with Gasteiger partial charge >= 0.3 is 5.97 Å². The molecule has 1 unspecified atom stereocenters. The van der Waals surface area contributed by atoms with E-state index >= 15 is 0 Å². The molecular weight excluding hydrogens is 424 g/mol. The Bertz CT molecular complexity index is 866. The fourth-order valence-electron chi connectivity index (χ4n) is 3.22. The lowest BCUT2D eigenvalue weighted by molar-refractivity contribution is -0.131.